The lowest BCUT2D eigenvalue weighted by Gasteiger charge is -2.18. The summed E-state index contributed by atoms with van der Waals surface area (Å²) in [6, 6.07) is 10.8. The summed E-state index contributed by atoms with van der Waals surface area (Å²) in [4.78, 5) is 7.90. The number of aromatic nitrogens is 2. The Hall–Kier alpha value is -2.55. The minimum Gasteiger partial charge on any atom is -0.381 e. The second-order valence-corrected chi connectivity index (χ2v) is 6.54. The molecular weight excluding hydrogens is 294 g/mol. The van der Waals surface area contributed by atoms with Crippen LogP contribution in [0.15, 0.2) is 55.0 Å². The van der Waals surface area contributed by atoms with Crippen LogP contribution in [0.1, 0.15) is 41.8 Å². The summed E-state index contributed by atoms with van der Waals surface area (Å²) in [5.74, 6) is 0. The number of hydrogen-bond acceptors (Lipinski definition) is 2. The van der Waals surface area contributed by atoms with E-state index in [1.165, 1.54) is 27.6 Å². The van der Waals surface area contributed by atoms with Crippen LogP contribution in [-0.2, 0) is 6.42 Å². The molecule has 0 aliphatic carbocycles. The number of aromatic amines is 1. The summed E-state index contributed by atoms with van der Waals surface area (Å²) in [6.07, 6.45) is 5.92. The van der Waals surface area contributed by atoms with E-state index in [-0.39, 0.29) is 6.04 Å². The van der Waals surface area contributed by atoms with Gasteiger partial charge in [-0.05, 0) is 56.4 Å². The minimum atomic E-state index is 0.168. The molecule has 2 aromatic heterocycles. The fraction of sp³-hybridized carbons (Fsp3) is 0.286. The van der Waals surface area contributed by atoms with Gasteiger partial charge in [-0.1, -0.05) is 30.8 Å². The first kappa shape index (κ1) is 16.3. The SMILES string of the molecule is C=C(CCc1c[nH]c2ccccc12)NC(C)c1ncc(C)cc1C. The highest BCUT2D eigenvalue weighted by molar-refractivity contribution is 5.83. The van der Waals surface area contributed by atoms with Crippen molar-refractivity contribution < 1.29 is 0 Å². The summed E-state index contributed by atoms with van der Waals surface area (Å²) in [6.45, 7) is 10.5. The predicted molar refractivity (Wildman–Crippen MR) is 101 cm³/mol. The maximum atomic E-state index is 4.57. The van der Waals surface area contributed by atoms with Gasteiger partial charge >= 0.3 is 0 Å². The van der Waals surface area contributed by atoms with Gasteiger partial charge in [-0.3, -0.25) is 4.98 Å². The third-order valence-corrected chi connectivity index (χ3v) is 4.46. The summed E-state index contributed by atoms with van der Waals surface area (Å²) < 4.78 is 0. The van der Waals surface area contributed by atoms with Crippen molar-refractivity contribution in [2.45, 2.75) is 39.7 Å². The zero-order valence-corrected chi connectivity index (χ0v) is 14.7. The molecule has 1 atom stereocenters. The molecule has 0 saturated carbocycles. The highest BCUT2D eigenvalue weighted by Gasteiger charge is 2.11. The first-order chi connectivity index (χ1) is 11.5. The van der Waals surface area contributed by atoms with Crippen molar-refractivity contribution in [3.63, 3.8) is 0 Å². The minimum absolute atomic E-state index is 0.168. The molecule has 0 saturated heterocycles. The maximum absolute atomic E-state index is 4.57. The largest absolute Gasteiger partial charge is 0.381 e. The number of nitrogens with one attached hydrogen (secondary N) is 2. The van der Waals surface area contributed by atoms with Gasteiger partial charge in [0.25, 0.3) is 0 Å². The van der Waals surface area contributed by atoms with Crippen molar-refractivity contribution in [1.82, 2.24) is 15.3 Å². The van der Waals surface area contributed by atoms with Crippen LogP contribution in [0.4, 0.5) is 0 Å². The highest BCUT2D eigenvalue weighted by Crippen LogP contribution is 2.21. The van der Waals surface area contributed by atoms with Crippen LogP contribution >= 0.6 is 0 Å². The average molecular weight is 319 g/mol. The number of allylic oxidation sites excluding steroid dienone is 1. The van der Waals surface area contributed by atoms with Gasteiger partial charge in [0.1, 0.15) is 0 Å². The first-order valence-corrected chi connectivity index (χ1v) is 8.47. The number of rotatable bonds is 6. The number of hydrogen-bond donors (Lipinski definition) is 2. The monoisotopic (exact) mass is 319 g/mol. The Labute approximate surface area is 143 Å². The summed E-state index contributed by atoms with van der Waals surface area (Å²) >= 11 is 0. The van der Waals surface area contributed by atoms with E-state index >= 15 is 0 Å². The van der Waals surface area contributed by atoms with E-state index in [2.05, 4.69) is 79.2 Å². The molecule has 1 unspecified atom stereocenters. The van der Waals surface area contributed by atoms with Crippen molar-refractivity contribution in [2.24, 2.45) is 0 Å². The third-order valence-electron chi connectivity index (χ3n) is 4.46. The summed E-state index contributed by atoms with van der Waals surface area (Å²) in [5.41, 5.74) is 7.09. The van der Waals surface area contributed by atoms with Crippen LogP contribution in [0.2, 0.25) is 0 Å². The number of H-pyrrole nitrogens is 1. The second-order valence-electron chi connectivity index (χ2n) is 6.54. The fourth-order valence-corrected chi connectivity index (χ4v) is 3.25. The van der Waals surface area contributed by atoms with Crippen molar-refractivity contribution in [3.8, 4) is 0 Å². The molecule has 0 aliphatic heterocycles. The van der Waals surface area contributed by atoms with E-state index in [1.54, 1.807) is 0 Å². The molecule has 0 radical (unpaired) electrons. The smallest absolute Gasteiger partial charge is 0.0656 e. The molecule has 0 aliphatic rings. The molecule has 2 heterocycles. The number of fused-ring (bicyclic) bond motifs is 1. The predicted octanol–water partition coefficient (Wildman–Crippen LogP) is 4.98. The van der Waals surface area contributed by atoms with Crippen LogP contribution in [0.3, 0.4) is 0 Å². The Morgan fingerprint density at radius 3 is 2.88 bits per heavy atom. The number of benzene rings is 1. The van der Waals surface area contributed by atoms with Crippen LogP contribution in [-0.4, -0.2) is 9.97 Å². The topological polar surface area (TPSA) is 40.7 Å². The molecule has 0 fully saturated rings. The molecule has 0 spiro atoms. The average Bonchev–Trinajstić information content (AvgIpc) is 2.96. The lowest BCUT2D eigenvalue weighted by molar-refractivity contribution is 0.609. The van der Waals surface area contributed by atoms with Gasteiger partial charge in [-0.15, -0.1) is 0 Å². The molecule has 1 aromatic carbocycles. The van der Waals surface area contributed by atoms with E-state index in [0.717, 1.165) is 24.2 Å². The van der Waals surface area contributed by atoms with Gasteiger partial charge in [0.15, 0.2) is 0 Å². The molecule has 0 bridgehead atoms. The van der Waals surface area contributed by atoms with Crippen molar-refractivity contribution in [2.75, 3.05) is 0 Å². The lowest BCUT2D eigenvalue weighted by Crippen LogP contribution is -2.20. The zero-order chi connectivity index (χ0) is 17.1. The van der Waals surface area contributed by atoms with E-state index in [4.69, 9.17) is 0 Å². The number of nitrogens with zero attached hydrogens (tertiary/aromatic N) is 1. The number of pyridine rings is 1. The molecule has 3 aromatic rings. The molecular formula is C21H25N3. The van der Waals surface area contributed by atoms with E-state index in [1.807, 2.05) is 6.20 Å². The quantitative estimate of drug-likeness (QED) is 0.673. The van der Waals surface area contributed by atoms with Crippen LogP contribution in [0, 0.1) is 13.8 Å². The summed E-state index contributed by atoms with van der Waals surface area (Å²) in [7, 11) is 0. The Kier molecular flexibility index (Phi) is 4.70. The van der Waals surface area contributed by atoms with Gasteiger partial charge in [0.2, 0.25) is 0 Å². The maximum Gasteiger partial charge on any atom is 0.0656 e. The number of aryl methyl sites for hydroxylation is 3. The third kappa shape index (κ3) is 3.51. The Balaban J connectivity index is 1.61. The Morgan fingerprint density at radius 2 is 2.08 bits per heavy atom. The van der Waals surface area contributed by atoms with E-state index in [0.29, 0.717) is 0 Å². The first-order valence-electron chi connectivity index (χ1n) is 8.47. The molecule has 2 N–H and O–H groups in total. The van der Waals surface area contributed by atoms with Crippen LogP contribution < -0.4 is 5.32 Å². The normalized spacial score (nSPS) is 12.3. The summed E-state index contributed by atoms with van der Waals surface area (Å²) in [5, 5.41) is 4.80. The van der Waals surface area contributed by atoms with Gasteiger partial charge in [0, 0.05) is 29.0 Å². The standard InChI is InChI=1S/C21H25N3/c1-14-11-15(2)21(23-12-14)17(4)24-16(3)9-10-18-13-22-20-8-6-5-7-19(18)20/h5-8,11-13,17,22,24H,3,9-10H2,1-2,4H3. The number of para-hydroxylation sites is 1. The van der Waals surface area contributed by atoms with Gasteiger partial charge in [-0.25, -0.2) is 0 Å². The van der Waals surface area contributed by atoms with Crippen molar-refractivity contribution >= 4 is 10.9 Å². The zero-order valence-electron chi connectivity index (χ0n) is 14.7. The molecule has 24 heavy (non-hydrogen) atoms. The van der Waals surface area contributed by atoms with Gasteiger partial charge in [-0.2, -0.15) is 0 Å². The highest BCUT2D eigenvalue weighted by atomic mass is 14.9. The molecule has 3 nitrogen and oxygen atoms in total. The van der Waals surface area contributed by atoms with E-state index in [9.17, 15) is 0 Å². The molecule has 124 valence electrons. The Morgan fingerprint density at radius 1 is 1.29 bits per heavy atom. The Bertz CT molecular complexity index is 860. The van der Waals surface area contributed by atoms with Gasteiger partial charge in [0.05, 0.1) is 11.7 Å². The molecule has 0 amide bonds. The lowest BCUT2D eigenvalue weighted by atomic mass is 10.1. The second kappa shape index (κ2) is 6.91. The van der Waals surface area contributed by atoms with Crippen molar-refractivity contribution in [1.29, 1.82) is 0 Å². The fourth-order valence-electron chi connectivity index (χ4n) is 3.25. The van der Waals surface area contributed by atoms with Crippen LogP contribution in [0.5, 0.6) is 0 Å². The molecule has 3 rings (SSSR count). The van der Waals surface area contributed by atoms with Gasteiger partial charge < -0.3 is 10.3 Å². The van der Waals surface area contributed by atoms with E-state index < -0.39 is 0 Å². The molecule has 3 heteroatoms. The van der Waals surface area contributed by atoms with Crippen LogP contribution in [0.25, 0.3) is 10.9 Å². The van der Waals surface area contributed by atoms with Crippen molar-refractivity contribution in [3.05, 3.63) is 77.4 Å².